The Kier molecular flexibility index (Phi) is 5.03. The number of rotatable bonds is 5. The van der Waals surface area contributed by atoms with E-state index in [1.807, 2.05) is 15.9 Å². The minimum Gasteiger partial charge on any atom is -0.387 e. The van der Waals surface area contributed by atoms with E-state index in [0.29, 0.717) is 12.3 Å². The van der Waals surface area contributed by atoms with Crippen molar-refractivity contribution in [1.29, 1.82) is 0 Å². The number of benzene rings is 1. The van der Waals surface area contributed by atoms with Gasteiger partial charge in [-0.1, -0.05) is 17.7 Å². The average molecular weight is 359 g/mol. The highest BCUT2D eigenvalue weighted by atomic mass is 79.9. The van der Waals surface area contributed by atoms with Crippen LogP contribution < -0.4 is 0 Å². The van der Waals surface area contributed by atoms with Crippen molar-refractivity contribution in [2.24, 2.45) is 0 Å². The van der Waals surface area contributed by atoms with Gasteiger partial charge in [0.05, 0.1) is 0 Å². The lowest BCUT2D eigenvalue weighted by Gasteiger charge is -2.09. The molecule has 1 unspecified atom stereocenters. The number of alkyl halides is 4. The van der Waals surface area contributed by atoms with Gasteiger partial charge in [0.2, 0.25) is 0 Å². The van der Waals surface area contributed by atoms with E-state index in [-0.39, 0.29) is 4.90 Å². The maximum atomic E-state index is 12.8. The first-order valence-corrected chi connectivity index (χ1v) is 7.20. The van der Waals surface area contributed by atoms with Crippen LogP contribution in [0.3, 0.4) is 0 Å². The largest absolute Gasteiger partial charge is 0.387 e. The summed E-state index contributed by atoms with van der Waals surface area (Å²) in [7, 11) is -4.13. The third-order valence-corrected chi connectivity index (χ3v) is 3.70. The molecule has 1 aromatic carbocycles. The normalized spacial score (nSPS) is 14.6. The molecule has 0 radical (unpaired) electrons. The van der Waals surface area contributed by atoms with Crippen LogP contribution in [-0.2, 0) is 14.3 Å². The Balaban J connectivity index is 2.77. The molecule has 1 atom stereocenters. The third-order valence-electron chi connectivity index (χ3n) is 2.05. The van der Waals surface area contributed by atoms with Gasteiger partial charge in [0.25, 0.3) is 0 Å². The summed E-state index contributed by atoms with van der Waals surface area (Å²) in [6.07, 6.45) is -2.00. The molecule has 0 saturated heterocycles. The molecule has 19 heavy (non-hydrogen) atoms. The molecule has 0 bridgehead atoms. The molecule has 3 nitrogen and oxygen atoms in total. The zero-order valence-electron chi connectivity index (χ0n) is 9.69. The van der Waals surface area contributed by atoms with Crippen LogP contribution in [0.15, 0.2) is 41.5 Å². The second-order valence-corrected chi connectivity index (χ2v) is 6.26. The number of hydrogen-bond acceptors (Lipinski definition) is 3. The summed E-state index contributed by atoms with van der Waals surface area (Å²) < 4.78 is 65.0. The van der Waals surface area contributed by atoms with Crippen LogP contribution in [0.1, 0.15) is 5.56 Å². The number of halogens is 4. The van der Waals surface area contributed by atoms with E-state index in [4.69, 9.17) is 0 Å². The molecule has 0 aromatic heterocycles. The first-order chi connectivity index (χ1) is 8.63. The first kappa shape index (κ1) is 16.0. The molecule has 0 fully saturated rings. The van der Waals surface area contributed by atoms with E-state index in [1.165, 1.54) is 12.1 Å². The quantitative estimate of drug-likeness (QED) is 0.459. The Hall–Kier alpha value is -1.02. The highest BCUT2D eigenvalue weighted by molar-refractivity contribution is 9.10. The van der Waals surface area contributed by atoms with Crippen molar-refractivity contribution in [2.45, 2.75) is 22.8 Å². The highest BCUT2D eigenvalue weighted by Gasteiger charge is 2.35. The van der Waals surface area contributed by atoms with Crippen molar-refractivity contribution in [3.05, 3.63) is 42.2 Å². The monoisotopic (exact) mass is 358 g/mol. The molecule has 0 aliphatic rings. The zero-order valence-corrected chi connectivity index (χ0v) is 12.1. The topological polar surface area (TPSA) is 43.4 Å². The van der Waals surface area contributed by atoms with E-state index in [0.717, 1.165) is 5.56 Å². The Bertz CT molecular complexity index is 550. The van der Waals surface area contributed by atoms with Gasteiger partial charge in [-0.3, -0.25) is 0 Å². The zero-order chi connectivity index (χ0) is 14.7. The average Bonchev–Trinajstić information content (AvgIpc) is 2.28. The second-order valence-electron chi connectivity index (χ2n) is 3.64. The molecular formula is C11H10BrF3O3S. The molecule has 0 spiro atoms. The van der Waals surface area contributed by atoms with Gasteiger partial charge in [-0.15, -0.1) is 0 Å². The number of allylic oxidation sites excluding steroid dienone is 1. The standard InChI is InChI=1S/C11H10BrF3O3S/c1-8-2-4-9(5-3-8)19(16,17)18-7-6-10(13)11(12,14)15/h2-7,10H,1H3. The van der Waals surface area contributed by atoms with Crippen molar-refractivity contribution >= 4 is 26.0 Å². The minimum atomic E-state index is -4.13. The SMILES string of the molecule is Cc1ccc(S(=O)(=O)OC=CC(F)C(F)(F)Br)cc1. The molecule has 0 heterocycles. The molecule has 0 N–H and O–H groups in total. The Morgan fingerprint density at radius 1 is 1.32 bits per heavy atom. The molecule has 1 aromatic rings. The first-order valence-electron chi connectivity index (χ1n) is 5.00. The van der Waals surface area contributed by atoms with Gasteiger partial charge in [-0.25, -0.2) is 4.39 Å². The predicted molar refractivity (Wildman–Crippen MR) is 67.4 cm³/mol. The van der Waals surface area contributed by atoms with Crippen LogP contribution in [0, 0.1) is 6.92 Å². The van der Waals surface area contributed by atoms with Crippen LogP contribution in [0.4, 0.5) is 13.2 Å². The van der Waals surface area contributed by atoms with Gasteiger partial charge in [-0.2, -0.15) is 17.2 Å². The van der Waals surface area contributed by atoms with Crippen molar-refractivity contribution < 1.29 is 25.8 Å². The van der Waals surface area contributed by atoms with Crippen molar-refractivity contribution in [3.63, 3.8) is 0 Å². The maximum Gasteiger partial charge on any atom is 0.338 e. The summed E-state index contributed by atoms with van der Waals surface area (Å²) >= 11 is 1.81. The molecule has 0 aliphatic heterocycles. The summed E-state index contributed by atoms with van der Waals surface area (Å²) in [6.45, 7) is 1.77. The van der Waals surface area contributed by atoms with Crippen LogP contribution >= 0.6 is 15.9 Å². The van der Waals surface area contributed by atoms with Crippen LogP contribution in [0.2, 0.25) is 0 Å². The van der Waals surface area contributed by atoms with E-state index in [1.54, 1.807) is 19.1 Å². The van der Waals surface area contributed by atoms with Crippen LogP contribution in [-0.4, -0.2) is 19.4 Å². The van der Waals surface area contributed by atoms with Gasteiger partial charge >= 0.3 is 14.9 Å². The van der Waals surface area contributed by atoms with Gasteiger partial charge in [0, 0.05) is 0 Å². The molecule has 0 amide bonds. The van der Waals surface area contributed by atoms with Gasteiger partial charge in [-0.05, 0) is 41.1 Å². The lowest BCUT2D eigenvalue weighted by atomic mass is 10.2. The number of aryl methyl sites for hydroxylation is 1. The molecule has 1 rings (SSSR count). The third kappa shape index (κ3) is 4.87. The summed E-state index contributed by atoms with van der Waals surface area (Å²) in [5, 5.41) is 0. The molecule has 8 heteroatoms. The summed E-state index contributed by atoms with van der Waals surface area (Å²) in [4.78, 5) is -3.93. The lowest BCUT2D eigenvalue weighted by Crippen LogP contribution is -2.19. The summed E-state index contributed by atoms with van der Waals surface area (Å²) in [5.74, 6) is 0. The second kappa shape index (κ2) is 5.96. The molecule has 0 aliphatic carbocycles. The molecule has 0 saturated carbocycles. The fourth-order valence-corrected chi connectivity index (χ4v) is 1.99. The van der Waals surface area contributed by atoms with Crippen molar-refractivity contribution in [1.82, 2.24) is 0 Å². The minimum absolute atomic E-state index is 0.149. The Morgan fingerprint density at radius 3 is 2.32 bits per heavy atom. The molecular weight excluding hydrogens is 349 g/mol. The highest BCUT2D eigenvalue weighted by Crippen LogP contribution is 2.29. The summed E-state index contributed by atoms with van der Waals surface area (Å²) in [6, 6.07) is 5.68. The van der Waals surface area contributed by atoms with E-state index < -0.39 is 21.1 Å². The van der Waals surface area contributed by atoms with E-state index in [2.05, 4.69) is 4.18 Å². The lowest BCUT2D eigenvalue weighted by molar-refractivity contribution is 0.0450. The fourth-order valence-electron chi connectivity index (χ4n) is 1.04. The maximum absolute atomic E-state index is 12.8. The predicted octanol–water partition coefficient (Wildman–Crippen LogP) is 3.54. The van der Waals surface area contributed by atoms with Crippen LogP contribution in [0.5, 0.6) is 0 Å². The van der Waals surface area contributed by atoms with Crippen molar-refractivity contribution in [2.75, 3.05) is 0 Å². The molecule has 106 valence electrons. The fraction of sp³-hybridized carbons (Fsp3) is 0.273. The van der Waals surface area contributed by atoms with E-state index in [9.17, 15) is 21.6 Å². The smallest absolute Gasteiger partial charge is 0.338 e. The van der Waals surface area contributed by atoms with Gasteiger partial charge in [0.1, 0.15) is 11.2 Å². The Labute approximate surface area is 117 Å². The van der Waals surface area contributed by atoms with E-state index >= 15 is 0 Å². The Morgan fingerprint density at radius 2 is 1.84 bits per heavy atom. The summed E-state index contributed by atoms with van der Waals surface area (Å²) in [5.41, 5.74) is 0.845. The van der Waals surface area contributed by atoms with Crippen molar-refractivity contribution in [3.8, 4) is 0 Å². The van der Waals surface area contributed by atoms with Gasteiger partial charge in [0.15, 0.2) is 6.17 Å². The number of hydrogen-bond donors (Lipinski definition) is 0. The van der Waals surface area contributed by atoms with Gasteiger partial charge < -0.3 is 4.18 Å². The van der Waals surface area contributed by atoms with Crippen LogP contribution in [0.25, 0.3) is 0 Å².